The Labute approximate surface area is 117 Å². The first-order valence-corrected chi connectivity index (χ1v) is 7.69. The van der Waals surface area contributed by atoms with Gasteiger partial charge in [0, 0.05) is 23.7 Å². The monoisotopic (exact) mass is 287 g/mol. The van der Waals surface area contributed by atoms with Crippen LogP contribution in [0.1, 0.15) is 18.2 Å². The molecule has 2 aromatic heterocycles. The van der Waals surface area contributed by atoms with E-state index in [1.54, 1.807) is 37.5 Å². The lowest BCUT2D eigenvalue weighted by Gasteiger charge is -2.09. The van der Waals surface area contributed by atoms with Gasteiger partial charge in [-0.25, -0.2) is 13.4 Å². The van der Waals surface area contributed by atoms with Crippen LogP contribution in [-0.4, -0.2) is 24.1 Å². The first kappa shape index (κ1) is 14.2. The molecule has 2 aromatic rings. The lowest BCUT2D eigenvalue weighted by molar-refractivity contribution is 0.593. The van der Waals surface area contributed by atoms with Crippen molar-refractivity contribution < 1.29 is 8.42 Å². The Morgan fingerprint density at radius 2 is 1.95 bits per heavy atom. The van der Waals surface area contributed by atoms with Crippen molar-refractivity contribution in [3.63, 3.8) is 0 Å². The summed E-state index contributed by atoms with van der Waals surface area (Å²) in [5, 5.41) is 9.03. The van der Waals surface area contributed by atoms with Crippen LogP contribution in [0.4, 0.5) is 0 Å². The minimum absolute atomic E-state index is 0.0734. The minimum atomic E-state index is -3.51. The second-order valence-corrected chi connectivity index (χ2v) is 6.42. The van der Waals surface area contributed by atoms with Gasteiger partial charge in [0.15, 0.2) is 14.9 Å². The van der Waals surface area contributed by atoms with E-state index in [4.69, 9.17) is 0 Å². The van der Waals surface area contributed by atoms with Crippen molar-refractivity contribution in [3.05, 3.63) is 41.9 Å². The highest BCUT2D eigenvalue weighted by molar-refractivity contribution is 7.91. The summed E-state index contributed by atoms with van der Waals surface area (Å²) in [5.41, 5.74) is 2.23. The van der Waals surface area contributed by atoms with Gasteiger partial charge in [-0.15, -0.1) is 0 Å². The number of hydrogen-bond acceptors (Lipinski definition) is 5. The molecule has 0 spiro atoms. The minimum Gasteiger partial charge on any atom is -0.265 e. The van der Waals surface area contributed by atoms with Crippen LogP contribution in [-0.2, 0) is 9.84 Å². The summed E-state index contributed by atoms with van der Waals surface area (Å²) >= 11 is 0. The molecule has 0 aliphatic rings. The first-order valence-electron chi connectivity index (χ1n) is 6.04. The largest absolute Gasteiger partial charge is 0.265 e. The van der Waals surface area contributed by atoms with Crippen LogP contribution in [0.3, 0.4) is 0 Å². The van der Waals surface area contributed by atoms with E-state index in [1.165, 1.54) is 6.92 Å². The number of rotatable bonds is 3. The van der Waals surface area contributed by atoms with Crippen molar-refractivity contribution in [1.82, 2.24) is 9.97 Å². The summed E-state index contributed by atoms with van der Waals surface area (Å²) < 4.78 is 23.9. The number of sulfone groups is 1. The average molecular weight is 287 g/mol. The summed E-state index contributed by atoms with van der Waals surface area (Å²) in [7, 11) is -3.51. The molecule has 6 heteroatoms. The van der Waals surface area contributed by atoms with Crippen molar-refractivity contribution in [1.29, 1.82) is 5.26 Å². The van der Waals surface area contributed by atoms with Crippen molar-refractivity contribution in [2.75, 3.05) is 5.75 Å². The zero-order valence-electron chi connectivity index (χ0n) is 11.2. The molecule has 0 saturated carbocycles. The molecule has 0 aliphatic carbocycles. The van der Waals surface area contributed by atoms with Crippen LogP contribution in [0, 0.1) is 18.3 Å². The molecule has 0 aromatic carbocycles. The quantitative estimate of drug-likeness (QED) is 0.863. The molecule has 0 saturated heterocycles. The summed E-state index contributed by atoms with van der Waals surface area (Å²) in [6.45, 7) is 3.26. The van der Waals surface area contributed by atoms with E-state index in [1.807, 2.05) is 6.07 Å². The lowest BCUT2D eigenvalue weighted by Crippen LogP contribution is -2.10. The molecule has 0 fully saturated rings. The van der Waals surface area contributed by atoms with Crippen molar-refractivity contribution >= 4 is 9.84 Å². The Kier molecular flexibility index (Phi) is 3.81. The zero-order valence-corrected chi connectivity index (χ0v) is 12.0. The van der Waals surface area contributed by atoms with E-state index in [0.29, 0.717) is 5.69 Å². The summed E-state index contributed by atoms with van der Waals surface area (Å²) in [6.07, 6.45) is 3.27. The molecule has 0 atom stereocenters. The number of hydrogen-bond donors (Lipinski definition) is 0. The summed E-state index contributed by atoms with van der Waals surface area (Å²) in [5.74, 6) is -0.0806. The van der Waals surface area contributed by atoms with Gasteiger partial charge >= 0.3 is 0 Å². The van der Waals surface area contributed by atoms with E-state index >= 15 is 0 Å². The molecule has 102 valence electrons. The Morgan fingerprint density at radius 1 is 1.30 bits per heavy atom. The van der Waals surface area contributed by atoms with Gasteiger partial charge in [-0.1, -0.05) is 6.92 Å². The molecule has 0 unspecified atom stereocenters. The molecule has 2 rings (SSSR count). The Hall–Kier alpha value is -2.26. The van der Waals surface area contributed by atoms with Gasteiger partial charge < -0.3 is 0 Å². The Morgan fingerprint density at radius 3 is 2.50 bits per heavy atom. The van der Waals surface area contributed by atoms with Gasteiger partial charge in [0.25, 0.3) is 0 Å². The molecule has 0 amide bonds. The SMILES string of the molecule is CCS(=O)(=O)c1nc(C)c(-c2ccncc2)cc1C#N. The third-order valence-electron chi connectivity index (χ3n) is 2.96. The predicted molar refractivity (Wildman–Crippen MR) is 74.6 cm³/mol. The maximum absolute atomic E-state index is 12.0. The van der Waals surface area contributed by atoms with E-state index < -0.39 is 9.84 Å². The topological polar surface area (TPSA) is 83.7 Å². The van der Waals surface area contributed by atoms with Crippen LogP contribution < -0.4 is 0 Å². The predicted octanol–water partition coefficient (Wildman–Crippen LogP) is 2.12. The van der Waals surface area contributed by atoms with E-state index in [9.17, 15) is 13.7 Å². The molecule has 5 nitrogen and oxygen atoms in total. The maximum Gasteiger partial charge on any atom is 0.196 e. The highest BCUT2D eigenvalue weighted by atomic mass is 32.2. The van der Waals surface area contributed by atoms with Gasteiger partial charge in [-0.2, -0.15) is 5.26 Å². The zero-order chi connectivity index (χ0) is 14.8. The van der Waals surface area contributed by atoms with Gasteiger partial charge in [-0.05, 0) is 30.7 Å². The lowest BCUT2D eigenvalue weighted by atomic mass is 10.0. The van der Waals surface area contributed by atoms with Crippen LogP contribution in [0.5, 0.6) is 0 Å². The standard InChI is InChI=1S/C14H13N3O2S/c1-3-20(18,19)14-12(9-15)8-13(10(2)17-14)11-4-6-16-7-5-11/h4-8H,3H2,1-2H3. The number of aryl methyl sites for hydroxylation is 1. The van der Waals surface area contributed by atoms with E-state index in [-0.39, 0.29) is 16.3 Å². The first-order chi connectivity index (χ1) is 9.49. The summed E-state index contributed by atoms with van der Waals surface area (Å²) in [6, 6.07) is 7.07. The van der Waals surface area contributed by atoms with Crippen LogP contribution in [0.25, 0.3) is 11.1 Å². The normalized spacial score (nSPS) is 11.1. The van der Waals surface area contributed by atoms with Crippen molar-refractivity contribution in [2.24, 2.45) is 0 Å². The molecular weight excluding hydrogens is 274 g/mol. The smallest absolute Gasteiger partial charge is 0.196 e. The van der Waals surface area contributed by atoms with Crippen LogP contribution in [0.2, 0.25) is 0 Å². The number of nitriles is 1. The van der Waals surface area contributed by atoms with E-state index in [2.05, 4.69) is 9.97 Å². The summed E-state index contributed by atoms with van der Waals surface area (Å²) in [4.78, 5) is 8.06. The van der Waals surface area contributed by atoms with Gasteiger partial charge in [0.05, 0.1) is 11.3 Å². The van der Waals surface area contributed by atoms with Gasteiger partial charge in [0.2, 0.25) is 0 Å². The molecule has 2 heterocycles. The Bertz CT molecular complexity index is 778. The fourth-order valence-corrected chi connectivity index (χ4v) is 2.85. The molecule has 20 heavy (non-hydrogen) atoms. The molecule has 0 bridgehead atoms. The highest BCUT2D eigenvalue weighted by Gasteiger charge is 2.21. The highest BCUT2D eigenvalue weighted by Crippen LogP contribution is 2.26. The second-order valence-electron chi connectivity index (χ2n) is 4.23. The second kappa shape index (κ2) is 5.39. The number of nitrogens with zero attached hydrogens (tertiary/aromatic N) is 3. The molecule has 0 N–H and O–H groups in total. The third kappa shape index (κ3) is 2.53. The average Bonchev–Trinajstić information content (AvgIpc) is 2.47. The van der Waals surface area contributed by atoms with E-state index in [0.717, 1.165) is 11.1 Å². The molecule has 0 aliphatic heterocycles. The Balaban J connectivity index is 2.70. The van der Waals surface area contributed by atoms with Gasteiger partial charge in [-0.3, -0.25) is 4.98 Å². The van der Waals surface area contributed by atoms with Crippen molar-refractivity contribution in [2.45, 2.75) is 18.9 Å². The fourth-order valence-electron chi connectivity index (χ4n) is 1.86. The van der Waals surface area contributed by atoms with Gasteiger partial charge in [0.1, 0.15) is 6.07 Å². The third-order valence-corrected chi connectivity index (χ3v) is 4.62. The maximum atomic E-state index is 12.0. The van der Waals surface area contributed by atoms with Crippen molar-refractivity contribution in [3.8, 4) is 17.2 Å². The van der Waals surface area contributed by atoms with Crippen LogP contribution in [0.15, 0.2) is 35.6 Å². The number of pyridine rings is 2. The number of aromatic nitrogens is 2. The van der Waals surface area contributed by atoms with Crippen LogP contribution >= 0.6 is 0 Å². The fraction of sp³-hybridized carbons (Fsp3) is 0.214. The molecule has 0 radical (unpaired) electrons. The molecular formula is C14H13N3O2S.